The van der Waals surface area contributed by atoms with Crippen molar-refractivity contribution >= 4 is 17.5 Å². The molecule has 3 rings (SSSR count). The second-order valence-electron chi connectivity index (χ2n) is 7.35. The predicted octanol–water partition coefficient (Wildman–Crippen LogP) is 3.81. The van der Waals surface area contributed by atoms with Crippen molar-refractivity contribution in [1.29, 1.82) is 0 Å². The Morgan fingerprint density at radius 3 is 2.65 bits per heavy atom. The summed E-state index contributed by atoms with van der Waals surface area (Å²) in [7, 11) is 0. The van der Waals surface area contributed by atoms with E-state index in [1.54, 1.807) is 18.3 Å². The number of anilines is 2. The second kappa shape index (κ2) is 11.1. The van der Waals surface area contributed by atoms with Crippen molar-refractivity contribution in [3.63, 3.8) is 0 Å². The van der Waals surface area contributed by atoms with E-state index in [1.807, 2.05) is 42.5 Å². The molecule has 0 bridgehead atoms. The van der Waals surface area contributed by atoms with Crippen molar-refractivity contribution in [1.82, 2.24) is 10.3 Å². The SMILES string of the molecule is Nc1ncccc1NCC[C@@H](NCCc1cccc(CC(=O)O)c1)c1cccc(F)c1. The van der Waals surface area contributed by atoms with Crippen molar-refractivity contribution in [2.45, 2.75) is 25.3 Å². The molecule has 0 saturated carbocycles. The van der Waals surface area contributed by atoms with Crippen molar-refractivity contribution in [3.05, 3.63) is 89.4 Å². The van der Waals surface area contributed by atoms with Crippen LogP contribution in [0.5, 0.6) is 0 Å². The maximum Gasteiger partial charge on any atom is 0.307 e. The molecule has 162 valence electrons. The fourth-order valence-corrected chi connectivity index (χ4v) is 3.49. The number of aliphatic carboxylic acids is 1. The number of carboxylic acids is 1. The summed E-state index contributed by atoms with van der Waals surface area (Å²) in [5.74, 6) is -0.669. The number of hydrogen-bond donors (Lipinski definition) is 4. The minimum absolute atomic E-state index is 0.0102. The molecule has 0 spiro atoms. The van der Waals surface area contributed by atoms with Crippen molar-refractivity contribution in [3.8, 4) is 0 Å². The lowest BCUT2D eigenvalue weighted by molar-refractivity contribution is -0.136. The quantitative estimate of drug-likeness (QED) is 0.375. The Kier molecular flexibility index (Phi) is 7.95. The lowest BCUT2D eigenvalue weighted by atomic mass is 10.0. The molecule has 0 aliphatic heterocycles. The number of nitrogens with one attached hydrogen (secondary N) is 2. The average molecular weight is 423 g/mol. The first kappa shape index (κ1) is 22.2. The first-order valence-electron chi connectivity index (χ1n) is 10.2. The molecule has 0 radical (unpaired) electrons. The smallest absolute Gasteiger partial charge is 0.307 e. The Labute approximate surface area is 181 Å². The molecule has 7 heteroatoms. The monoisotopic (exact) mass is 422 g/mol. The molecule has 6 nitrogen and oxygen atoms in total. The molecule has 0 unspecified atom stereocenters. The minimum atomic E-state index is -0.844. The Hall–Kier alpha value is -3.45. The molecule has 5 N–H and O–H groups in total. The molecule has 0 amide bonds. The van der Waals surface area contributed by atoms with Gasteiger partial charge in [0.1, 0.15) is 11.6 Å². The number of halogens is 1. The van der Waals surface area contributed by atoms with Crippen LogP contribution in [0, 0.1) is 5.82 Å². The van der Waals surface area contributed by atoms with Crippen molar-refractivity contribution in [2.24, 2.45) is 0 Å². The summed E-state index contributed by atoms with van der Waals surface area (Å²) in [6, 6.07) is 17.8. The van der Waals surface area contributed by atoms with Gasteiger partial charge in [0.2, 0.25) is 0 Å². The molecule has 0 aliphatic rings. The third-order valence-corrected chi connectivity index (χ3v) is 4.99. The van der Waals surface area contributed by atoms with E-state index in [1.165, 1.54) is 6.07 Å². The molecule has 31 heavy (non-hydrogen) atoms. The lowest BCUT2D eigenvalue weighted by Gasteiger charge is -2.20. The standard InChI is InChI=1S/C24H27FN4O2/c25-20-7-2-6-19(16-20)21(10-13-28-22-8-3-11-29-24(22)26)27-12-9-17-4-1-5-18(14-17)15-23(30)31/h1-8,11,14,16,21,27-28H,9-10,12-13,15H2,(H2,26,29)(H,30,31)/t21-/m1/s1. The van der Waals surface area contributed by atoms with Crippen LogP contribution >= 0.6 is 0 Å². The highest BCUT2D eigenvalue weighted by Gasteiger charge is 2.12. The van der Waals surface area contributed by atoms with Crippen LogP contribution in [0.25, 0.3) is 0 Å². The fourth-order valence-electron chi connectivity index (χ4n) is 3.49. The summed E-state index contributed by atoms with van der Waals surface area (Å²) in [4.78, 5) is 15.0. The number of hydrogen-bond acceptors (Lipinski definition) is 5. The van der Waals surface area contributed by atoms with E-state index < -0.39 is 5.97 Å². The first-order chi connectivity index (χ1) is 15.0. The van der Waals surface area contributed by atoms with E-state index in [0.29, 0.717) is 18.9 Å². The van der Waals surface area contributed by atoms with Crippen LogP contribution in [-0.4, -0.2) is 29.1 Å². The van der Waals surface area contributed by atoms with E-state index in [9.17, 15) is 9.18 Å². The van der Waals surface area contributed by atoms with Crippen LogP contribution < -0.4 is 16.4 Å². The van der Waals surface area contributed by atoms with Gasteiger partial charge in [-0.2, -0.15) is 0 Å². The molecule has 3 aromatic rings. The van der Waals surface area contributed by atoms with Gasteiger partial charge in [-0.15, -0.1) is 0 Å². The molecule has 1 heterocycles. The highest BCUT2D eigenvalue weighted by Crippen LogP contribution is 2.20. The number of pyridine rings is 1. The van der Waals surface area contributed by atoms with E-state index >= 15 is 0 Å². The summed E-state index contributed by atoms with van der Waals surface area (Å²) in [6.07, 6.45) is 3.11. The Bertz CT molecular complexity index is 1010. The number of nitrogens with two attached hydrogens (primary N) is 1. The van der Waals surface area contributed by atoms with Gasteiger partial charge in [-0.05, 0) is 60.3 Å². The largest absolute Gasteiger partial charge is 0.481 e. The van der Waals surface area contributed by atoms with Gasteiger partial charge in [-0.25, -0.2) is 9.37 Å². The summed E-state index contributed by atoms with van der Waals surface area (Å²) in [5.41, 5.74) is 9.37. The predicted molar refractivity (Wildman–Crippen MR) is 120 cm³/mol. The van der Waals surface area contributed by atoms with Crippen molar-refractivity contribution < 1.29 is 14.3 Å². The summed E-state index contributed by atoms with van der Waals surface area (Å²) in [6.45, 7) is 1.31. The minimum Gasteiger partial charge on any atom is -0.481 e. The molecule has 1 aromatic heterocycles. The van der Waals surface area contributed by atoms with E-state index in [2.05, 4.69) is 15.6 Å². The fraction of sp³-hybridized carbons (Fsp3) is 0.250. The second-order valence-corrected chi connectivity index (χ2v) is 7.35. The topological polar surface area (TPSA) is 100 Å². The number of nitrogens with zero attached hydrogens (tertiary/aromatic N) is 1. The molecular weight excluding hydrogens is 395 g/mol. The summed E-state index contributed by atoms with van der Waals surface area (Å²) in [5, 5.41) is 15.8. The van der Waals surface area contributed by atoms with Gasteiger partial charge in [0, 0.05) is 18.8 Å². The van der Waals surface area contributed by atoms with Crippen LogP contribution in [0.15, 0.2) is 66.9 Å². The maximum atomic E-state index is 13.8. The number of benzene rings is 2. The van der Waals surface area contributed by atoms with Crippen LogP contribution in [-0.2, 0) is 17.6 Å². The molecule has 0 aliphatic carbocycles. The van der Waals surface area contributed by atoms with E-state index in [0.717, 1.165) is 35.2 Å². The molecule has 2 aromatic carbocycles. The van der Waals surface area contributed by atoms with Gasteiger partial charge < -0.3 is 21.5 Å². The highest BCUT2D eigenvalue weighted by atomic mass is 19.1. The zero-order valence-corrected chi connectivity index (χ0v) is 17.2. The number of carboxylic acid groups (broad SMARTS) is 1. The highest BCUT2D eigenvalue weighted by molar-refractivity contribution is 5.70. The third-order valence-electron chi connectivity index (χ3n) is 4.99. The zero-order chi connectivity index (χ0) is 22.1. The zero-order valence-electron chi connectivity index (χ0n) is 17.2. The molecule has 0 saturated heterocycles. The Morgan fingerprint density at radius 1 is 1.06 bits per heavy atom. The normalized spacial score (nSPS) is 11.8. The molecule has 0 fully saturated rings. The van der Waals surface area contributed by atoms with E-state index in [4.69, 9.17) is 10.8 Å². The first-order valence-corrected chi connectivity index (χ1v) is 10.2. The van der Waals surface area contributed by atoms with Crippen LogP contribution in [0.4, 0.5) is 15.9 Å². The van der Waals surface area contributed by atoms with Crippen molar-refractivity contribution in [2.75, 3.05) is 24.1 Å². The third kappa shape index (κ3) is 7.08. The van der Waals surface area contributed by atoms with Gasteiger partial charge in [0.05, 0.1) is 12.1 Å². The summed E-state index contributed by atoms with van der Waals surface area (Å²) >= 11 is 0. The van der Waals surface area contributed by atoms with Gasteiger partial charge in [0.15, 0.2) is 0 Å². The average Bonchev–Trinajstić information content (AvgIpc) is 2.74. The van der Waals surface area contributed by atoms with Gasteiger partial charge >= 0.3 is 5.97 Å². The number of nitrogen functional groups attached to an aromatic ring is 1. The number of carbonyl (C=O) groups is 1. The van der Waals surface area contributed by atoms with Crippen LogP contribution in [0.2, 0.25) is 0 Å². The van der Waals surface area contributed by atoms with Crippen LogP contribution in [0.1, 0.15) is 29.2 Å². The Balaban J connectivity index is 1.60. The van der Waals surface area contributed by atoms with E-state index in [-0.39, 0.29) is 18.3 Å². The van der Waals surface area contributed by atoms with Gasteiger partial charge in [0.25, 0.3) is 0 Å². The summed E-state index contributed by atoms with van der Waals surface area (Å²) < 4.78 is 13.8. The molecular formula is C24H27FN4O2. The lowest BCUT2D eigenvalue weighted by Crippen LogP contribution is -2.26. The van der Waals surface area contributed by atoms with Crippen LogP contribution in [0.3, 0.4) is 0 Å². The molecule has 1 atom stereocenters. The van der Waals surface area contributed by atoms with Gasteiger partial charge in [-0.1, -0.05) is 36.4 Å². The number of aromatic nitrogens is 1. The number of rotatable bonds is 11. The Morgan fingerprint density at radius 2 is 1.87 bits per heavy atom. The van der Waals surface area contributed by atoms with Gasteiger partial charge in [-0.3, -0.25) is 4.79 Å². The maximum absolute atomic E-state index is 13.8.